The first-order valence-corrected chi connectivity index (χ1v) is 6.87. The molecule has 1 aromatic heterocycles. The van der Waals surface area contributed by atoms with Crippen LogP contribution in [0.3, 0.4) is 0 Å². The molecule has 0 aromatic carbocycles. The molecule has 0 spiro atoms. The smallest absolute Gasteiger partial charge is 0.128 e. The summed E-state index contributed by atoms with van der Waals surface area (Å²) in [5, 5.41) is 0. The van der Waals surface area contributed by atoms with Crippen LogP contribution in [-0.2, 0) is 12.3 Å². The van der Waals surface area contributed by atoms with E-state index in [4.69, 9.17) is 11.6 Å². The minimum atomic E-state index is 0.556. The van der Waals surface area contributed by atoms with E-state index >= 15 is 0 Å². The van der Waals surface area contributed by atoms with Gasteiger partial charge in [0.25, 0.3) is 0 Å². The minimum absolute atomic E-state index is 0.556. The van der Waals surface area contributed by atoms with Gasteiger partial charge in [0.05, 0.1) is 0 Å². The van der Waals surface area contributed by atoms with Gasteiger partial charge in [-0.2, -0.15) is 0 Å². The van der Waals surface area contributed by atoms with E-state index in [1.54, 1.807) is 0 Å². The number of hydrogen-bond donors (Lipinski definition) is 0. The Labute approximate surface area is 110 Å². The van der Waals surface area contributed by atoms with Gasteiger partial charge in [0.1, 0.15) is 5.82 Å². The van der Waals surface area contributed by atoms with Crippen LogP contribution in [0.15, 0.2) is 12.1 Å². The lowest BCUT2D eigenvalue weighted by molar-refractivity contribution is 0.583. The molecule has 0 saturated heterocycles. The summed E-state index contributed by atoms with van der Waals surface area (Å²) in [4.78, 5) is 6.86. The maximum absolute atomic E-state index is 5.91. The summed E-state index contributed by atoms with van der Waals surface area (Å²) in [5.74, 6) is 2.32. The van der Waals surface area contributed by atoms with Crippen LogP contribution in [0.4, 0.5) is 5.82 Å². The van der Waals surface area contributed by atoms with Crippen molar-refractivity contribution < 1.29 is 0 Å². The molecule has 0 unspecified atom stereocenters. The fraction of sp³-hybridized carbons (Fsp3) is 0.643. The monoisotopic (exact) mass is 254 g/mol. The molecule has 0 radical (unpaired) electrons. The molecule has 0 fully saturated rings. The highest BCUT2D eigenvalue weighted by atomic mass is 35.5. The molecule has 0 N–H and O–H groups in total. The summed E-state index contributed by atoms with van der Waals surface area (Å²) < 4.78 is 0. The highest BCUT2D eigenvalue weighted by molar-refractivity contribution is 6.17. The van der Waals surface area contributed by atoms with Gasteiger partial charge >= 0.3 is 0 Å². The zero-order valence-electron chi connectivity index (χ0n) is 11.3. The number of rotatable bonds is 6. The molecular weight excluding hydrogens is 232 g/mol. The number of nitrogens with zero attached hydrogens (tertiary/aromatic N) is 2. The summed E-state index contributed by atoms with van der Waals surface area (Å²) in [5.41, 5.74) is 2.28. The summed E-state index contributed by atoms with van der Waals surface area (Å²) in [6.45, 7) is 7.65. The zero-order valence-corrected chi connectivity index (χ0v) is 12.1. The molecule has 0 aliphatic carbocycles. The lowest BCUT2D eigenvalue weighted by Crippen LogP contribution is -2.21. The molecule has 0 bridgehead atoms. The van der Waals surface area contributed by atoms with E-state index in [-0.39, 0.29) is 0 Å². The van der Waals surface area contributed by atoms with Crippen LogP contribution in [-0.4, -0.2) is 18.6 Å². The van der Waals surface area contributed by atoms with E-state index in [0.29, 0.717) is 5.88 Å². The van der Waals surface area contributed by atoms with Gasteiger partial charge in [-0.1, -0.05) is 20.8 Å². The number of aromatic nitrogens is 1. The van der Waals surface area contributed by atoms with Crippen molar-refractivity contribution in [3.05, 3.63) is 23.4 Å². The zero-order chi connectivity index (χ0) is 12.8. The van der Waals surface area contributed by atoms with Crippen LogP contribution in [0, 0.1) is 5.92 Å². The molecule has 1 heterocycles. The Morgan fingerprint density at radius 1 is 1.35 bits per heavy atom. The summed E-state index contributed by atoms with van der Waals surface area (Å²) >= 11 is 5.91. The quantitative estimate of drug-likeness (QED) is 0.717. The normalized spacial score (nSPS) is 10.9. The fourth-order valence-corrected chi connectivity index (χ4v) is 1.81. The van der Waals surface area contributed by atoms with Gasteiger partial charge in [-0.15, -0.1) is 11.6 Å². The van der Waals surface area contributed by atoms with E-state index < -0.39 is 0 Å². The van der Waals surface area contributed by atoms with Crippen LogP contribution < -0.4 is 4.90 Å². The van der Waals surface area contributed by atoms with Crippen molar-refractivity contribution in [2.75, 3.05) is 18.5 Å². The minimum Gasteiger partial charge on any atom is -0.360 e. The third-order valence-corrected chi connectivity index (χ3v) is 3.18. The first-order chi connectivity index (χ1) is 8.06. The summed E-state index contributed by atoms with van der Waals surface area (Å²) in [7, 11) is 2.10. The molecule has 1 rings (SSSR count). The van der Waals surface area contributed by atoms with Crippen LogP contribution in [0.2, 0.25) is 0 Å². The molecule has 0 atom stereocenters. The number of aryl methyl sites for hydroxylation is 1. The first kappa shape index (κ1) is 14.3. The average Bonchev–Trinajstić information content (AvgIpc) is 2.34. The Hall–Kier alpha value is -0.760. The van der Waals surface area contributed by atoms with Gasteiger partial charge in [-0.05, 0) is 36.5 Å². The highest BCUT2D eigenvalue weighted by Gasteiger charge is 2.07. The van der Waals surface area contributed by atoms with E-state index in [1.165, 1.54) is 6.42 Å². The second-order valence-corrected chi connectivity index (χ2v) is 5.18. The predicted molar refractivity (Wildman–Crippen MR) is 75.9 cm³/mol. The highest BCUT2D eigenvalue weighted by Crippen LogP contribution is 2.17. The molecule has 0 saturated carbocycles. The number of anilines is 1. The maximum Gasteiger partial charge on any atom is 0.128 e. The van der Waals surface area contributed by atoms with Crippen molar-refractivity contribution >= 4 is 17.4 Å². The van der Waals surface area contributed by atoms with Gasteiger partial charge in [0.2, 0.25) is 0 Å². The molecule has 0 aliphatic rings. The number of pyridine rings is 1. The molecule has 96 valence electrons. The van der Waals surface area contributed by atoms with E-state index in [1.807, 2.05) is 0 Å². The van der Waals surface area contributed by atoms with Crippen LogP contribution >= 0.6 is 11.6 Å². The van der Waals surface area contributed by atoms with Crippen molar-refractivity contribution in [1.82, 2.24) is 4.98 Å². The Morgan fingerprint density at radius 3 is 2.59 bits per heavy atom. The summed E-state index contributed by atoms with van der Waals surface area (Å²) in [6, 6.07) is 4.18. The van der Waals surface area contributed by atoms with Crippen LogP contribution in [0.25, 0.3) is 0 Å². The van der Waals surface area contributed by atoms with E-state index in [0.717, 1.165) is 36.0 Å². The van der Waals surface area contributed by atoms with E-state index in [9.17, 15) is 0 Å². The maximum atomic E-state index is 5.91. The van der Waals surface area contributed by atoms with Crippen molar-refractivity contribution in [3.63, 3.8) is 0 Å². The van der Waals surface area contributed by atoms with Crippen molar-refractivity contribution in [1.29, 1.82) is 0 Å². The topological polar surface area (TPSA) is 16.1 Å². The van der Waals surface area contributed by atoms with Crippen LogP contribution in [0.1, 0.15) is 38.4 Å². The van der Waals surface area contributed by atoms with Crippen molar-refractivity contribution in [2.45, 2.75) is 39.5 Å². The average molecular weight is 255 g/mol. The second-order valence-electron chi connectivity index (χ2n) is 4.92. The molecule has 2 nitrogen and oxygen atoms in total. The Bertz CT molecular complexity index is 328. The second kappa shape index (κ2) is 6.85. The Kier molecular flexibility index (Phi) is 5.76. The molecule has 1 aromatic rings. The molecule has 0 amide bonds. The number of halogens is 1. The molecule has 17 heavy (non-hydrogen) atoms. The van der Waals surface area contributed by atoms with E-state index in [2.05, 4.69) is 49.8 Å². The predicted octanol–water partition coefficient (Wildman–Crippen LogP) is 3.87. The van der Waals surface area contributed by atoms with Gasteiger partial charge < -0.3 is 4.90 Å². The summed E-state index contributed by atoms with van der Waals surface area (Å²) in [6.07, 6.45) is 2.14. The Balaban J connectivity index is 2.80. The standard InChI is InChI=1S/C14H23ClN2/c1-5-13-8-12(10-15)9-14(16-13)17(4)7-6-11(2)3/h8-9,11H,5-7,10H2,1-4H3. The SMILES string of the molecule is CCc1cc(CCl)cc(N(C)CCC(C)C)n1. The number of alkyl halides is 1. The van der Waals surface area contributed by atoms with Crippen molar-refractivity contribution in [3.8, 4) is 0 Å². The van der Waals surface area contributed by atoms with Gasteiger partial charge in [0.15, 0.2) is 0 Å². The third-order valence-electron chi connectivity index (χ3n) is 2.87. The lowest BCUT2D eigenvalue weighted by Gasteiger charge is -2.20. The first-order valence-electron chi connectivity index (χ1n) is 6.33. The largest absolute Gasteiger partial charge is 0.360 e. The number of hydrogen-bond acceptors (Lipinski definition) is 2. The lowest BCUT2D eigenvalue weighted by atomic mass is 10.1. The molecular formula is C14H23ClN2. The third kappa shape index (κ3) is 4.55. The van der Waals surface area contributed by atoms with Crippen LogP contribution in [0.5, 0.6) is 0 Å². The Morgan fingerprint density at radius 2 is 2.06 bits per heavy atom. The van der Waals surface area contributed by atoms with Gasteiger partial charge in [-0.3, -0.25) is 0 Å². The van der Waals surface area contributed by atoms with Gasteiger partial charge in [0, 0.05) is 25.2 Å². The van der Waals surface area contributed by atoms with Crippen molar-refractivity contribution in [2.24, 2.45) is 5.92 Å². The fourth-order valence-electron chi connectivity index (χ4n) is 1.65. The van der Waals surface area contributed by atoms with Gasteiger partial charge in [-0.25, -0.2) is 4.98 Å². The molecule has 3 heteroatoms. The molecule has 0 aliphatic heterocycles.